The largest absolute Gasteiger partial charge is 0.506 e. The summed E-state index contributed by atoms with van der Waals surface area (Å²) in [5.74, 6) is -0.199. The highest BCUT2D eigenvalue weighted by Gasteiger charge is 2.30. The molecule has 4 aromatic rings. The van der Waals surface area contributed by atoms with Gasteiger partial charge in [-0.2, -0.15) is 0 Å². The first-order chi connectivity index (χ1) is 21.0. The van der Waals surface area contributed by atoms with E-state index in [1.165, 1.54) is 32.4 Å². The van der Waals surface area contributed by atoms with E-state index < -0.39 is 0 Å². The molecule has 224 valence electrons. The van der Waals surface area contributed by atoms with Gasteiger partial charge < -0.3 is 15.3 Å². The highest BCUT2D eigenvalue weighted by atomic mass is 35.5. The van der Waals surface area contributed by atoms with Crippen molar-refractivity contribution in [2.24, 2.45) is 0 Å². The number of halogens is 1. The Kier molecular flexibility index (Phi) is 9.27. The number of nitrogens with one attached hydrogen (secondary N) is 1. The van der Waals surface area contributed by atoms with Gasteiger partial charge in [-0.25, -0.2) is 4.98 Å². The smallest absolute Gasteiger partial charge is 0.252 e. The first kappa shape index (κ1) is 29.6. The molecule has 2 aliphatic heterocycles. The molecule has 0 unspecified atom stereocenters. The fourth-order valence-electron chi connectivity index (χ4n) is 6.86. The molecule has 6 rings (SSSR count). The number of hydrogen-bond donors (Lipinski definition) is 2. The van der Waals surface area contributed by atoms with Crippen LogP contribution < -0.4 is 5.32 Å². The van der Waals surface area contributed by atoms with Gasteiger partial charge in [0.15, 0.2) is 0 Å². The number of amides is 1. The Morgan fingerprint density at radius 2 is 1.63 bits per heavy atom. The molecule has 3 heterocycles. The van der Waals surface area contributed by atoms with Crippen molar-refractivity contribution in [3.05, 3.63) is 94.5 Å². The van der Waals surface area contributed by atoms with Gasteiger partial charge in [0.2, 0.25) is 0 Å². The minimum atomic E-state index is -0.153. The summed E-state index contributed by atoms with van der Waals surface area (Å²) in [6, 6.07) is 23.9. The van der Waals surface area contributed by atoms with E-state index in [-0.39, 0.29) is 22.7 Å². The third kappa shape index (κ3) is 6.42. The van der Waals surface area contributed by atoms with Crippen LogP contribution in [0, 0.1) is 0 Å². The molecule has 0 radical (unpaired) electrons. The molecule has 2 saturated heterocycles. The van der Waals surface area contributed by atoms with Gasteiger partial charge in [-0.15, -0.1) is 0 Å². The van der Waals surface area contributed by atoms with Gasteiger partial charge in [-0.05, 0) is 76.0 Å². The van der Waals surface area contributed by atoms with Crippen LogP contribution in [0.2, 0.25) is 5.02 Å². The lowest BCUT2D eigenvalue weighted by Gasteiger charge is -2.40. The van der Waals surface area contributed by atoms with Crippen molar-refractivity contribution in [2.75, 3.05) is 26.2 Å². The average Bonchev–Trinajstić information content (AvgIpc) is 3.06. The molecule has 2 aliphatic rings. The fourth-order valence-corrected chi connectivity index (χ4v) is 7.07. The summed E-state index contributed by atoms with van der Waals surface area (Å²) in [7, 11) is 0. The van der Waals surface area contributed by atoms with E-state index in [0.717, 1.165) is 54.7 Å². The van der Waals surface area contributed by atoms with E-state index in [1.54, 1.807) is 12.1 Å². The third-order valence-electron chi connectivity index (χ3n) is 9.21. The number of nitrogens with zero attached hydrogens (tertiary/aromatic N) is 3. The van der Waals surface area contributed by atoms with Crippen LogP contribution in [0.3, 0.4) is 0 Å². The number of phenols is 1. The first-order valence-corrected chi connectivity index (χ1v) is 16.1. The van der Waals surface area contributed by atoms with Crippen LogP contribution in [0.4, 0.5) is 0 Å². The molecule has 2 N–H and O–H groups in total. The maximum Gasteiger partial charge on any atom is 0.252 e. The van der Waals surface area contributed by atoms with Crippen molar-refractivity contribution in [3.63, 3.8) is 0 Å². The van der Waals surface area contributed by atoms with Gasteiger partial charge >= 0.3 is 0 Å². The lowest BCUT2D eigenvalue weighted by molar-refractivity contribution is 0.0883. The van der Waals surface area contributed by atoms with Crippen LogP contribution in [-0.4, -0.2) is 58.0 Å². The third-order valence-corrected chi connectivity index (χ3v) is 9.58. The van der Waals surface area contributed by atoms with Gasteiger partial charge in [0.1, 0.15) is 10.8 Å². The normalized spacial score (nSPS) is 17.6. The van der Waals surface area contributed by atoms with Gasteiger partial charge in [-0.3, -0.25) is 9.69 Å². The summed E-state index contributed by atoms with van der Waals surface area (Å²) in [5, 5.41) is 14.7. The molecular weight excluding hydrogens is 556 g/mol. The van der Waals surface area contributed by atoms with Crippen LogP contribution in [0.25, 0.3) is 22.2 Å². The molecule has 1 atom stereocenters. The van der Waals surface area contributed by atoms with Crippen LogP contribution in [0.5, 0.6) is 5.75 Å². The summed E-state index contributed by atoms with van der Waals surface area (Å²) in [4.78, 5) is 24.7. The number of benzene rings is 3. The maximum absolute atomic E-state index is 14.4. The topological polar surface area (TPSA) is 68.7 Å². The predicted molar refractivity (Wildman–Crippen MR) is 175 cm³/mol. The summed E-state index contributed by atoms with van der Waals surface area (Å²) in [6.07, 6.45) is 6.99. The Morgan fingerprint density at radius 3 is 2.30 bits per heavy atom. The van der Waals surface area contributed by atoms with Gasteiger partial charge in [-0.1, -0.05) is 85.6 Å². The number of pyridine rings is 1. The van der Waals surface area contributed by atoms with E-state index in [2.05, 4.69) is 34.2 Å². The number of likely N-dealkylation sites (tertiary alicyclic amines) is 2. The number of hydrogen-bond acceptors (Lipinski definition) is 5. The molecule has 7 heteroatoms. The Labute approximate surface area is 259 Å². The molecule has 0 spiro atoms. The number of aromatic hydroxyl groups is 1. The van der Waals surface area contributed by atoms with Crippen molar-refractivity contribution >= 4 is 28.4 Å². The maximum atomic E-state index is 14.4. The second-order valence-electron chi connectivity index (χ2n) is 11.9. The molecular formula is C36H41ClN4O2. The van der Waals surface area contributed by atoms with E-state index in [1.807, 2.05) is 48.5 Å². The number of piperidine rings is 2. The average molecular weight is 597 g/mol. The minimum absolute atomic E-state index is 0.0460. The van der Waals surface area contributed by atoms with Crippen LogP contribution in [0.1, 0.15) is 73.0 Å². The van der Waals surface area contributed by atoms with Gasteiger partial charge in [0.25, 0.3) is 5.91 Å². The summed E-state index contributed by atoms with van der Waals surface area (Å²) in [5.41, 5.74) is 4.64. The molecule has 3 aromatic carbocycles. The van der Waals surface area contributed by atoms with E-state index in [0.29, 0.717) is 29.1 Å². The molecule has 6 nitrogen and oxygen atoms in total. The second-order valence-corrected chi connectivity index (χ2v) is 12.3. The van der Waals surface area contributed by atoms with Crippen molar-refractivity contribution in [3.8, 4) is 17.0 Å². The second kappa shape index (κ2) is 13.5. The van der Waals surface area contributed by atoms with E-state index in [9.17, 15) is 9.90 Å². The zero-order valence-electron chi connectivity index (χ0n) is 24.9. The van der Waals surface area contributed by atoms with Crippen LogP contribution >= 0.6 is 11.6 Å². The first-order valence-electron chi connectivity index (χ1n) is 15.7. The van der Waals surface area contributed by atoms with Crippen molar-refractivity contribution < 1.29 is 9.90 Å². The van der Waals surface area contributed by atoms with Crippen LogP contribution in [0.15, 0.2) is 72.8 Å². The minimum Gasteiger partial charge on any atom is -0.506 e. The molecule has 0 saturated carbocycles. The zero-order valence-corrected chi connectivity index (χ0v) is 25.7. The molecule has 1 aromatic heterocycles. The number of carbonyl (C=O) groups is 1. The molecule has 1 amide bonds. The zero-order chi connectivity index (χ0) is 29.8. The Balaban J connectivity index is 1.41. The van der Waals surface area contributed by atoms with Crippen molar-refractivity contribution in [1.82, 2.24) is 20.1 Å². The summed E-state index contributed by atoms with van der Waals surface area (Å²) < 4.78 is 0. The van der Waals surface area contributed by atoms with E-state index in [4.69, 9.17) is 16.6 Å². The Hall–Kier alpha value is -3.45. The van der Waals surface area contributed by atoms with Crippen molar-refractivity contribution in [1.29, 1.82) is 0 Å². The van der Waals surface area contributed by atoms with E-state index >= 15 is 0 Å². The number of phenolic OH excluding ortho intramolecular Hbond substituents is 1. The summed E-state index contributed by atoms with van der Waals surface area (Å²) in [6.45, 7) is 7.09. The number of aromatic nitrogens is 1. The van der Waals surface area contributed by atoms with Gasteiger partial charge in [0.05, 0.1) is 22.8 Å². The number of fused-ring (bicyclic) bond motifs is 1. The monoisotopic (exact) mass is 596 g/mol. The fraction of sp³-hybridized carbons (Fsp3) is 0.389. The highest BCUT2D eigenvalue weighted by Crippen LogP contribution is 2.38. The Morgan fingerprint density at radius 1 is 0.953 bits per heavy atom. The number of carbonyl (C=O) groups excluding carboxylic acids is 1. The summed E-state index contributed by atoms with van der Waals surface area (Å²) >= 11 is 6.67. The molecule has 0 aliphatic carbocycles. The Bertz CT molecular complexity index is 1550. The van der Waals surface area contributed by atoms with Crippen molar-refractivity contribution in [2.45, 2.75) is 64.1 Å². The van der Waals surface area contributed by atoms with Gasteiger partial charge in [0, 0.05) is 29.1 Å². The predicted octanol–water partition coefficient (Wildman–Crippen LogP) is 7.59. The molecule has 2 fully saturated rings. The molecule has 43 heavy (non-hydrogen) atoms. The standard InChI is InChI=1S/C36H41ClN4O2/c1-2-30(25-12-6-3-7-13-25)38-36(43)32-28-16-17-31(42)33(37)35(28)39-34(26-14-8-4-9-15-26)29(32)24-40-22-18-27(19-23-40)41-20-10-5-11-21-41/h3-4,6-9,12-17,27,30,42H,2,5,10-11,18-24H2,1H3,(H,38,43)/t30-/m0/s1. The molecule has 0 bridgehead atoms. The lowest BCUT2D eigenvalue weighted by Crippen LogP contribution is -2.46. The lowest BCUT2D eigenvalue weighted by atomic mass is 9.93. The SMILES string of the molecule is CC[C@H](NC(=O)c1c(CN2CCC(N3CCCCC3)CC2)c(-c2ccccc2)nc2c(Cl)c(O)ccc12)c1ccccc1. The number of rotatable bonds is 8. The highest BCUT2D eigenvalue weighted by molar-refractivity contribution is 6.37. The quantitative estimate of drug-likeness (QED) is 0.219. The van der Waals surface area contributed by atoms with Crippen LogP contribution in [-0.2, 0) is 6.54 Å².